The van der Waals surface area contributed by atoms with Crippen molar-refractivity contribution in [3.8, 4) is 5.75 Å². The molecule has 0 spiro atoms. The second kappa shape index (κ2) is 16.2. The van der Waals surface area contributed by atoms with E-state index in [1.165, 1.54) is 11.0 Å². The number of hydrogen-bond donors (Lipinski definition) is 4. The normalized spacial score (nSPS) is 12.8. The molecule has 0 radical (unpaired) electrons. The zero-order valence-corrected chi connectivity index (χ0v) is 26.3. The van der Waals surface area contributed by atoms with Crippen LogP contribution < -0.4 is 10.6 Å². The molecule has 0 saturated carbocycles. The summed E-state index contributed by atoms with van der Waals surface area (Å²) in [5.41, 5.74) is 2.65. The molecule has 2 rings (SSSR count). The summed E-state index contributed by atoms with van der Waals surface area (Å²) in [5.74, 6) is -0.976. The molecule has 2 aromatic carbocycles. The molecule has 0 bridgehead atoms. The molecular weight excluding hydrogens is 534 g/mol. The van der Waals surface area contributed by atoms with Crippen molar-refractivity contribution in [1.29, 1.82) is 0 Å². The minimum atomic E-state index is -1.33. The molecule has 3 amide bonds. The molecule has 4 N–H and O–H groups in total. The fourth-order valence-corrected chi connectivity index (χ4v) is 4.79. The molecule has 42 heavy (non-hydrogen) atoms. The van der Waals surface area contributed by atoms with Gasteiger partial charge in [0, 0.05) is 12.2 Å². The van der Waals surface area contributed by atoms with Crippen LogP contribution in [0.5, 0.6) is 5.75 Å². The number of phenolic OH excluding ortho intramolecular Hbond substituents is 1. The molecule has 9 heteroatoms. The molecule has 0 aromatic heterocycles. The van der Waals surface area contributed by atoms with Gasteiger partial charge in [0.15, 0.2) is 0 Å². The molecule has 0 aliphatic heterocycles. The first-order valence-corrected chi connectivity index (χ1v) is 14.9. The predicted octanol–water partition coefficient (Wildman–Crippen LogP) is 6.07. The largest absolute Gasteiger partial charge is 0.508 e. The number of nitrogens with zero attached hydrogens (tertiary/aromatic N) is 1. The molecule has 0 saturated heterocycles. The summed E-state index contributed by atoms with van der Waals surface area (Å²) in [6.07, 6.45) is 4.95. The summed E-state index contributed by atoms with van der Waals surface area (Å²) in [7, 11) is 0. The summed E-state index contributed by atoms with van der Waals surface area (Å²) in [4.78, 5) is 42.2. The van der Waals surface area contributed by atoms with Gasteiger partial charge in [-0.15, -0.1) is 0 Å². The predicted molar refractivity (Wildman–Crippen MR) is 165 cm³/mol. The Kier molecular flexibility index (Phi) is 13.3. The van der Waals surface area contributed by atoms with E-state index < -0.39 is 42.2 Å². The van der Waals surface area contributed by atoms with E-state index in [9.17, 15) is 24.6 Å². The third kappa shape index (κ3) is 10.4. The van der Waals surface area contributed by atoms with Gasteiger partial charge in [0.05, 0.1) is 6.61 Å². The van der Waals surface area contributed by atoms with E-state index in [2.05, 4.69) is 17.6 Å². The Hall–Kier alpha value is -3.59. The molecule has 2 unspecified atom stereocenters. The first kappa shape index (κ1) is 34.6. The smallest absolute Gasteiger partial charge is 0.408 e. The van der Waals surface area contributed by atoms with Crippen molar-refractivity contribution in [2.45, 2.75) is 105 Å². The average Bonchev–Trinajstić information content (AvgIpc) is 2.91. The summed E-state index contributed by atoms with van der Waals surface area (Å²) in [5, 5.41) is 25.9. The Bertz CT molecular complexity index is 1190. The van der Waals surface area contributed by atoms with Crippen LogP contribution in [0.25, 0.3) is 0 Å². The van der Waals surface area contributed by atoms with Crippen LogP contribution in [0, 0.1) is 20.8 Å². The number of rotatable bonds is 14. The zero-order valence-electron chi connectivity index (χ0n) is 26.3. The topological polar surface area (TPSA) is 128 Å². The minimum absolute atomic E-state index is 0.0706. The SMILES string of the molecule is CCCCCCCCN(C(=O)C(CO)NC(=O)OC(C)(C)C)C(C(=O)Nc1c(C)cccc1C)c1ccc(O)c(C)c1. The number of anilines is 1. The number of unbranched alkanes of at least 4 members (excludes halogenated alkanes) is 5. The second-order valence-corrected chi connectivity index (χ2v) is 11.9. The van der Waals surface area contributed by atoms with Gasteiger partial charge >= 0.3 is 6.09 Å². The van der Waals surface area contributed by atoms with Crippen LogP contribution in [-0.4, -0.2) is 57.8 Å². The summed E-state index contributed by atoms with van der Waals surface area (Å²) < 4.78 is 5.32. The van der Waals surface area contributed by atoms with Crippen LogP contribution in [0.3, 0.4) is 0 Å². The summed E-state index contributed by atoms with van der Waals surface area (Å²) in [6.45, 7) is 12.3. The number of aromatic hydroxyl groups is 1. The number of phenols is 1. The van der Waals surface area contributed by atoms with Crippen molar-refractivity contribution in [3.63, 3.8) is 0 Å². The number of amides is 3. The van der Waals surface area contributed by atoms with Crippen molar-refractivity contribution >= 4 is 23.6 Å². The molecule has 0 fully saturated rings. The minimum Gasteiger partial charge on any atom is -0.508 e. The monoisotopic (exact) mass is 583 g/mol. The number of ether oxygens (including phenoxy) is 1. The number of aliphatic hydroxyl groups is 1. The van der Waals surface area contributed by atoms with Gasteiger partial charge in [-0.2, -0.15) is 0 Å². The lowest BCUT2D eigenvalue weighted by molar-refractivity contribution is -0.141. The zero-order chi connectivity index (χ0) is 31.4. The maximum absolute atomic E-state index is 14.1. The van der Waals surface area contributed by atoms with Crippen LogP contribution in [0.1, 0.15) is 94.5 Å². The van der Waals surface area contributed by atoms with Crippen LogP contribution in [0.4, 0.5) is 10.5 Å². The van der Waals surface area contributed by atoms with Crippen molar-refractivity contribution < 1.29 is 29.3 Å². The van der Waals surface area contributed by atoms with Gasteiger partial charge in [-0.25, -0.2) is 4.79 Å². The first-order valence-electron chi connectivity index (χ1n) is 14.9. The molecule has 0 aliphatic rings. The number of aryl methyl sites for hydroxylation is 3. The first-order chi connectivity index (χ1) is 19.8. The van der Waals surface area contributed by atoms with E-state index in [-0.39, 0.29) is 12.3 Å². The van der Waals surface area contributed by atoms with Crippen LogP contribution >= 0.6 is 0 Å². The Morgan fingerprint density at radius 1 is 0.929 bits per heavy atom. The number of alkyl carbamates (subject to hydrolysis) is 1. The van der Waals surface area contributed by atoms with Crippen molar-refractivity contribution in [1.82, 2.24) is 10.2 Å². The standard InChI is InChI=1S/C33H49N3O6/c1-8-9-10-11-12-13-19-36(31(40)26(21-37)34-32(41)42-33(5,6)7)29(25-17-18-27(38)24(4)20-25)30(39)35-28-22(2)15-14-16-23(28)3/h14-18,20,26,29,37-38H,8-13,19,21H2,1-7H3,(H,34,41)(H,35,39). The van der Waals surface area contributed by atoms with E-state index in [0.29, 0.717) is 23.2 Å². The lowest BCUT2D eigenvalue weighted by Gasteiger charge is -2.34. The maximum atomic E-state index is 14.1. The summed E-state index contributed by atoms with van der Waals surface area (Å²) in [6, 6.07) is 8.08. The van der Waals surface area contributed by atoms with Crippen LogP contribution in [0.2, 0.25) is 0 Å². The highest BCUT2D eigenvalue weighted by atomic mass is 16.6. The third-order valence-corrected chi connectivity index (χ3v) is 7.03. The number of hydrogen-bond acceptors (Lipinski definition) is 6. The highest BCUT2D eigenvalue weighted by molar-refractivity contribution is 6.00. The Balaban J connectivity index is 2.53. The van der Waals surface area contributed by atoms with Gasteiger partial charge in [0.25, 0.3) is 5.91 Å². The average molecular weight is 584 g/mol. The molecule has 0 aliphatic carbocycles. The number of aliphatic hydroxyl groups excluding tert-OH is 1. The van der Waals surface area contributed by atoms with E-state index in [4.69, 9.17) is 4.74 Å². The number of carbonyl (C=O) groups is 3. The number of benzene rings is 2. The highest BCUT2D eigenvalue weighted by Gasteiger charge is 2.36. The Morgan fingerprint density at radius 2 is 1.55 bits per heavy atom. The van der Waals surface area contributed by atoms with Crippen molar-refractivity contribution in [2.75, 3.05) is 18.5 Å². The lowest BCUT2D eigenvalue weighted by Crippen LogP contribution is -2.54. The molecule has 2 atom stereocenters. The Labute approximate surface area is 250 Å². The highest BCUT2D eigenvalue weighted by Crippen LogP contribution is 2.30. The van der Waals surface area contributed by atoms with Crippen molar-refractivity contribution in [3.05, 3.63) is 58.7 Å². The quantitative estimate of drug-likeness (QED) is 0.200. The Morgan fingerprint density at radius 3 is 2.12 bits per heavy atom. The van der Waals surface area contributed by atoms with Crippen molar-refractivity contribution in [2.24, 2.45) is 0 Å². The third-order valence-electron chi connectivity index (χ3n) is 7.03. The second-order valence-electron chi connectivity index (χ2n) is 11.9. The molecular formula is C33H49N3O6. The molecule has 9 nitrogen and oxygen atoms in total. The molecule has 2 aromatic rings. The molecule has 232 valence electrons. The van der Waals surface area contributed by atoms with Gasteiger partial charge in [-0.05, 0) is 82.3 Å². The van der Waals surface area contributed by atoms with E-state index in [0.717, 1.165) is 43.2 Å². The van der Waals surface area contributed by atoms with E-state index >= 15 is 0 Å². The number of nitrogens with one attached hydrogen (secondary N) is 2. The van der Waals surface area contributed by atoms with Gasteiger partial charge in [-0.3, -0.25) is 9.59 Å². The van der Waals surface area contributed by atoms with E-state index in [1.807, 2.05) is 32.0 Å². The molecule has 0 heterocycles. The fourth-order valence-electron chi connectivity index (χ4n) is 4.79. The summed E-state index contributed by atoms with van der Waals surface area (Å²) >= 11 is 0. The van der Waals surface area contributed by atoms with Crippen LogP contribution in [0.15, 0.2) is 36.4 Å². The maximum Gasteiger partial charge on any atom is 0.408 e. The van der Waals surface area contributed by atoms with E-state index in [1.54, 1.807) is 39.8 Å². The van der Waals surface area contributed by atoms with Gasteiger partial charge in [-0.1, -0.05) is 63.3 Å². The lowest BCUT2D eigenvalue weighted by atomic mass is 9.99. The van der Waals surface area contributed by atoms with Crippen LogP contribution in [-0.2, 0) is 14.3 Å². The fraction of sp³-hybridized carbons (Fsp3) is 0.545. The van der Waals surface area contributed by atoms with Gasteiger partial charge in [0.1, 0.15) is 23.4 Å². The number of para-hydroxylation sites is 1. The van der Waals surface area contributed by atoms with Gasteiger partial charge in [0.2, 0.25) is 5.91 Å². The number of carbonyl (C=O) groups excluding carboxylic acids is 3. The van der Waals surface area contributed by atoms with Gasteiger partial charge < -0.3 is 30.5 Å².